The average Bonchev–Trinajstić information content (AvgIpc) is 2.61. The van der Waals surface area contributed by atoms with Crippen LogP contribution in [0.25, 0.3) is 0 Å². The number of halogens is 1. The number of urea groups is 2. The molecule has 1 saturated carbocycles. The van der Waals surface area contributed by atoms with Gasteiger partial charge in [-0.25, -0.2) is 26.3 Å². The Hall–Kier alpha value is -3.02. The molecule has 0 unspecified atom stereocenters. The number of benzene rings is 1. The van der Waals surface area contributed by atoms with Gasteiger partial charge < -0.3 is 11.5 Å². The fraction of sp³-hybridized carbons (Fsp3) is 0.267. The second-order valence-corrected chi connectivity index (χ2v) is 6.58. The standard InChI is InChI=1S/C15H18ClN9O2/c16-9-4-2-8(3-5-9)15(6-1-7-15)10-11(24(19)12(17)26)21-14(23-22-10)25(20)13(18)27/h2-5H,1,6-7,19-20H2,(H2,17,26)(H2,18,27). The number of amides is 4. The van der Waals surface area contributed by atoms with Crippen molar-refractivity contribution in [2.45, 2.75) is 24.7 Å². The van der Waals surface area contributed by atoms with E-state index < -0.39 is 17.5 Å². The fourth-order valence-corrected chi connectivity index (χ4v) is 3.18. The van der Waals surface area contributed by atoms with Gasteiger partial charge in [-0.15, -0.1) is 10.2 Å². The third kappa shape index (κ3) is 3.23. The van der Waals surface area contributed by atoms with E-state index in [0.717, 1.165) is 24.8 Å². The molecular weight excluding hydrogens is 374 g/mol. The Morgan fingerprint density at radius 2 is 1.59 bits per heavy atom. The number of carbonyl (C=O) groups is 2. The molecule has 12 heteroatoms. The van der Waals surface area contributed by atoms with Crippen molar-refractivity contribution < 1.29 is 9.59 Å². The minimum absolute atomic E-state index is 0.0566. The van der Waals surface area contributed by atoms with Crippen molar-refractivity contribution in [2.24, 2.45) is 23.2 Å². The molecule has 27 heavy (non-hydrogen) atoms. The van der Waals surface area contributed by atoms with E-state index in [1.54, 1.807) is 12.1 Å². The van der Waals surface area contributed by atoms with Gasteiger partial charge in [-0.1, -0.05) is 30.2 Å². The first-order valence-corrected chi connectivity index (χ1v) is 8.34. The van der Waals surface area contributed by atoms with Crippen LogP contribution in [0.4, 0.5) is 21.4 Å². The first-order valence-electron chi connectivity index (χ1n) is 7.96. The summed E-state index contributed by atoms with van der Waals surface area (Å²) in [6, 6.07) is 5.28. The summed E-state index contributed by atoms with van der Waals surface area (Å²) >= 11 is 5.98. The molecule has 4 amide bonds. The average molecular weight is 392 g/mol. The Bertz CT molecular complexity index is 885. The van der Waals surface area contributed by atoms with Gasteiger partial charge in [0, 0.05) is 10.4 Å². The molecule has 3 rings (SSSR count). The van der Waals surface area contributed by atoms with Gasteiger partial charge in [0.05, 0.1) is 0 Å². The highest BCUT2D eigenvalue weighted by molar-refractivity contribution is 6.30. The minimum atomic E-state index is -1.01. The maximum atomic E-state index is 11.7. The van der Waals surface area contributed by atoms with Crippen LogP contribution in [0.5, 0.6) is 0 Å². The molecule has 0 spiro atoms. The first-order chi connectivity index (χ1) is 12.8. The Morgan fingerprint density at radius 3 is 2.07 bits per heavy atom. The molecule has 1 aromatic carbocycles. The Kier molecular flexibility index (Phi) is 4.83. The van der Waals surface area contributed by atoms with Gasteiger partial charge in [-0.2, -0.15) is 9.99 Å². The van der Waals surface area contributed by atoms with Crippen molar-refractivity contribution in [3.8, 4) is 0 Å². The smallest absolute Gasteiger partial charge is 0.336 e. The van der Waals surface area contributed by atoms with E-state index in [2.05, 4.69) is 15.2 Å². The molecule has 0 saturated heterocycles. The summed E-state index contributed by atoms with van der Waals surface area (Å²) in [4.78, 5) is 27.1. The van der Waals surface area contributed by atoms with Gasteiger partial charge in [0.25, 0.3) is 5.95 Å². The number of carbonyl (C=O) groups excluding carboxylic acids is 2. The molecule has 1 fully saturated rings. The highest BCUT2D eigenvalue weighted by atomic mass is 35.5. The zero-order valence-corrected chi connectivity index (χ0v) is 14.9. The first kappa shape index (κ1) is 18.8. The molecule has 0 atom stereocenters. The van der Waals surface area contributed by atoms with Crippen molar-refractivity contribution in [2.75, 3.05) is 10.0 Å². The Labute approximate surface area is 159 Å². The molecule has 1 aliphatic rings. The second kappa shape index (κ2) is 6.95. The van der Waals surface area contributed by atoms with Crippen LogP contribution in [0, 0.1) is 0 Å². The lowest BCUT2D eigenvalue weighted by Crippen LogP contribution is -2.47. The SMILES string of the molecule is NC(=O)N(N)c1nnc(C2(c3ccc(Cl)cc3)CCC2)c(N(N)C(N)=O)n1. The molecule has 0 radical (unpaired) electrons. The van der Waals surface area contributed by atoms with Crippen molar-refractivity contribution in [3.05, 3.63) is 40.5 Å². The van der Waals surface area contributed by atoms with Crippen molar-refractivity contribution >= 4 is 35.4 Å². The Balaban J connectivity index is 2.16. The predicted octanol–water partition coefficient (Wildman–Crippen LogP) is 0.513. The highest BCUT2D eigenvalue weighted by Gasteiger charge is 2.45. The summed E-state index contributed by atoms with van der Waals surface area (Å²) < 4.78 is 0. The van der Waals surface area contributed by atoms with Crippen LogP contribution < -0.4 is 33.2 Å². The largest absolute Gasteiger partial charge is 0.350 e. The quantitative estimate of drug-likeness (QED) is 0.332. The van der Waals surface area contributed by atoms with Crippen LogP contribution in [0.3, 0.4) is 0 Å². The summed E-state index contributed by atoms with van der Waals surface area (Å²) in [5.41, 5.74) is 11.1. The maximum absolute atomic E-state index is 11.7. The zero-order chi connectivity index (χ0) is 19.8. The molecule has 11 nitrogen and oxygen atoms in total. The topological polar surface area (TPSA) is 183 Å². The molecule has 142 valence electrons. The number of hydrogen-bond acceptors (Lipinski definition) is 7. The number of primary amides is 2. The van der Waals surface area contributed by atoms with Crippen LogP contribution in [0.2, 0.25) is 5.02 Å². The van der Waals surface area contributed by atoms with Crippen LogP contribution in [0.15, 0.2) is 24.3 Å². The molecule has 1 heterocycles. The van der Waals surface area contributed by atoms with Gasteiger partial charge in [0.15, 0.2) is 5.82 Å². The van der Waals surface area contributed by atoms with Crippen molar-refractivity contribution in [1.29, 1.82) is 0 Å². The number of nitrogens with two attached hydrogens (primary N) is 4. The van der Waals surface area contributed by atoms with Gasteiger partial charge in [0.1, 0.15) is 5.69 Å². The molecule has 0 aliphatic heterocycles. The van der Waals surface area contributed by atoms with Gasteiger partial charge in [0.2, 0.25) is 0 Å². The molecule has 1 aliphatic carbocycles. The molecular formula is C15H18ClN9O2. The number of hydrazine groups is 2. The molecule has 8 N–H and O–H groups in total. The van der Waals surface area contributed by atoms with Gasteiger partial charge in [-0.05, 0) is 30.5 Å². The zero-order valence-electron chi connectivity index (χ0n) is 14.2. The van der Waals surface area contributed by atoms with Gasteiger partial charge in [-0.3, -0.25) is 0 Å². The summed E-state index contributed by atoms with van der Waals surface area (Å²) in [6.07, 6.45) is 2.38. The molecule has 0 bridgehead atoms. The highest BCUT2D eigenvalue weighted by Crippen LogP contribution is 2.50. The van der Waals surface area contributed by atoms with Crippen molar-refractivity contribution in [3.63, 3.8) is 0 Å². The molecule has 1 aromatic heterocycles. The summed E-state index contributed by atoms with van der Waals surface area (Å²) in [6.45, 7) is 0. The van der Waals surface area contributed by atoms with Crippen molar-refractivity contribution in [1.82, 2.24) is 15.2 Å². The lowest BCUT2D eigenvalue weighted by atomic mass is 9.62. The van der Waals surface area contributed by atoms with E-state index in [1.807, 2.05) is 12.1 Å². The van der Waals surface area contributed by atoms with Crippen LogP contribution >= 0.6 is 11.6 Å². The second-order valence-electron chi connectivity index (χ2n) is 6.14. The van der Waals surface area contributed by atoms with E-state index in [1.165, 1.54) is 0 Å². The third-order valence-corrected chi connectivity index (χ3v) is 4.88. The Morgan fingerprint density at radius 1 is 1.00 bits per heavy atom. The van der Waals surface area contributed by atoms with E-state index >= 15 is 0 Å². The van der Waals surface area contributed by atoms with Crippen LogP contribution in [-0.4, -0.2) is 27.2 Å². The number of rotatable bonds is 4. The minimum Gasteiger partial charge on any atom is -0.350 e. The summed E-state index contributed by atoms with van der Waals surface area (Å²) in [5.74, 6) is 10.9. The number of nitrogens with zero attached hydrogens (tertiary/aromatic N) is 5. The van der Waals surface area contributed by atoms with E-state index in [4.69, 9.17) is 34.8 Å². The lowest BCUT2D eigenvalue weighted by molar-refractivity contribution is 0.253. The lowest BCUT2D eigenvalue weighted by Gasteiger charge is -2.42. The van der Waals surface area contributed by atoms with Gasteiger partial charge >= 0.3 is 12.1 Å². The molecule has 2 aromatic rings. The van der Waals surface area contributed by atoms with E-state index in [0.29, 0.717) is 20.7 Å². The van der Waals surface area contributed by atoms with E-state index in [9.17, 15) is 9.59 Å². The fourth-order valence-electron chi connectivity index (χ4n) is 3.05. The summed E-state index contributed by atoms with van der Waals surface area (Å²) in [7, 11) is 0. The third-order valence-electron chi connectivity index (χ3n) is 4.63. The van der Waals surface area contributed by atoms with Crippen LogP contribution in [-0.2, 0) is 5.41 Å². The summed E-state index contributed by atoms with van der Waals surface area (Å²) in [5, 5.41) is 9.76. The maximum Gasteiger partial charge on any atom is 0.336 e. The predicted molar refractivity (Wildman–Crippen MR) is 98.4 cm³/mol. The van der Waals surface area contributed by atoms with E-state index in [-0.39, 0.29) is 11.8 Å². The number of hydrogen-bond donors (Lipinski definition) is 4. The normalized spacial score (nSPS) is 14.9. The number of anilines is 2. The monoisotopic (exact) mass is 391 g/mol. The van der Waals surface area contributed by atoms with Crippen LogP contribution in [0.1, 0.15) is 30.5 Å². The number of aromatic nitrogens is 3.